The third-order valence-electron chi connectivity index (χ3n) is 6.05. The first-order valence-corrected chi connectivity index (χ1v) is 11.1. The van der Waals surface area contributed by atoms with Crippen LogP contribution in [0.25, 0.3) is 5.57 Å². The molecule has 0 saturated carbocycles. The van der Waals surface area contributed by atoms with E-state index in [4.69, 9.17) is 0 Å². The molecule has 34 heavy (non-hydrogen) atoms. The van der Waals surface area contributed by atoms with Crippen LogP contribution in [-0.4, -0.2) is 17.7 Å². The van der Waals surface area contributed by atoms with E-state index in [1.54, 1.807) is 24.3 Å². The molecule has 0 radical (unpaired) electrons. The molecular formula is C28H27N3O3. The van der Waals surface area contributed by atoms with Crippen molar-refractivity contribution >= 4 is 40.4 Å². The molecule has 4 rings (SSSR count). The van der Waals surface area contributed by atoms with Crippen molar-refractivity contribution in [2.75, 3.05) is 15.5 Å². The number of nitrogens with zero attached hydrogens (tertiary/aromatic N) is 1. The largest absolute Gasteiger partial charge is 0.350 e. The van der Waals surface area contributed by atoms with E-state index in [0.29, 0.717) is 22.5 Å². The van der Waals surface area contributed by atoms with Crippen LogP contribution >= 0.6 is 0 Å². The van der Waals surface area contributed by atoms with E-state index >= 15 is 0 Å². The van der Waals surface area contributed by atoms with Gasteiger partial charge in [-0.1, -0.05) is 36.4 Å². The van der Waals surface area contributed by atoms with Gasteiger partial charge in [0.1, 0.15) is 5.70 Å². The molecule has 2 N–H and O–H groups in total. The Labute approximate surface area is 199 Å². The third-order valence-corrected chi connectivity index (χ3v) is 6.05. The van der Waals surface area contributed by atoms with Crippen molar-refractivity contribution in [1.29, 1.82) is 0 Å². The standard InChI is InChI=1S/C28H27N3O3/c1-16-9-10-18(3)24(15-16)31-27(33)25(21-11-13-22(14-12-21)29-20(5)32)26(28(31)34)30-23-8-6-7-17(2)19(23)4/h6-15,30H,1-5H3,(H,29,32). The topological polar surface area (TPSA) is 78.5 Å². The van der Waals surface area contributed by atoms with E-state index in [1.807, 2.05) is 64.1 Å². The van der Waals surface area contributed by atoms with Gasteiger partial charge < -0.3 is 10.6 Å². The van der Waals surface area contributed by atoms with Crippen LogP contribution in [0.15, 0.2) is 66.4 Å². The zero-order valence-electron chi connectivity index (χ0n) is 19.9. The molecular weight excluding hydrogens is 426 g/mol. The molecule has 0 atom stereocenters. The summed E-state index contributed by atoms with van der Waals surface area (Å²) < 4.78 is 0. The number of hydrogen-bond donors (Lipinski definition) is 2. The number of imide groups is 1. The molecule has 0 unspecified atom stereocenters. The molecule has 1 heterocycles. The maximum Gasteiger partial charge on any atom is 0.282 e. The van der Waals surface area contributed by atoms with Crippen LogP contribution in [0.3, 0.4) is 0 Å². The Morgan fingerprint density at radius 3 is 2.21 bits per heavy atom. The van der Waals surface area contributed by atoms with Gasteiger partial charge in [0, 0.05) is 18.3 Å². The molecule has 3 amide bonds. The van der Waals surface area contributed by atoms with E-state index in [-0.39, 0.29) is 11.6 Å². The quantitative estimate of drug-likeness (QED) is 0.516. The molecule has 6 heteroatoms. The van der Waals surface area contributed by atoms with Gasteiger partial charge in [-0.15, -0.1) is 0 Å². The van der Waals surface area contributed by atoms with Crippen LogP contribution in [0.1, 0.15) is 34.7 Å². The van der Waals surface area contributed by atoms with E-state index in [9.17, 15) is 14.4 Å². The lowest BCUT2D eigenvalue weighted by molar-refractivity contribution is -0.120. The number of hydrogen-bond acceptors (Lipinski definition) is 4. The Morgan fingerprint density at radius 1 is 0.824 bits per heavy atom. The summed E-state index contributed by atoms with van der Waals surface area (Å²) >= 11 is 0. The van der Waals surface area contributed by atoms with E-state index in [1.165, 1.54) is 11.8 Å². The van der Waals surface area contributed by atoms with Crippen molar-refractivity contribution in [3.8, 4) is 0 Å². The van der Waals surface area contributed by atoms with Crippen molar-refractivity contribution in [2.45, 2.75) is 34.6 Å². The molecule has 3 aromatic carbocycles. The van der Waals surface area contributed by atoms with Gasteiger partial charge in [0.15, 0.2) is 0 Å². The minimum atomic E-state index is -0.402. The summed E-state index contributed by atoms with van der Waals surface area (Å²) in [5, 5.41) is 5.98. The van der Waals surface area contributed by atoms with Crippen LogP contribution in [0.4, 0.5) is 17.1 Å². The predicted octanol–water partition coefficient (Wildman–Crippen LogP) is 5.28. The highest BCUT2D eigenvalue weighted by Crippen LogP contribution is 2.36. The van der Waals surface area contributed by atoms with Gasteiger partial charge in [-0.05, 0) is 79.8 Å². The fourth-order valence-electron chi connectivity index (χ4n) is 4.04. The lowest BCUT2D eigenvalue weighted by Gasteiger charge is -2.19. The van der Waals surface area contributed by atoms with E-state index in [2.05, 4.69) is 10.6 Å². The average molecular weight is 454 g/mol. The molecule has 6 nitrogen and oxygen atoms in total. The summed E-state index contributed by atoms with van der Waals surface area (Å²) in [6, 6.07) is 18.4. The molecule has 172 valence electrons. The van der Waals surface area contributed by atoms with Crippen LogP contribution in [0.2, 0.25) is 0 Å². The third kappa shape index (κ3) is 4.22. The van der Waals surface area contributed by atoms with Gasteiger partial charge in [-0.3, -0.25) is 14.4 Å². The summed E-state index contributed by atoms with van der Waals surface area (Å²) in [6.07, 6.45) is 0. The van der Waals surface area contributed by atoms with Gasteiger partial charge in [-0.2, -0.15) is 0 Å². The molecule has 3 aromatic rings. The molecule has 0 saturated heterocycles. The molecule has 0 bridgehead atoms. The molecule has 1 aliphatic rings. The number of carbonyl (C=O) groups is 3. The van der Waals surface area contributed by atoms with E-state index < -0.39 is 11.8 Å². The summed E-state index contributed by atoms with van der Waals surface area (Å²) in [6.45, 7) is 9.22. The maximum absolute atomic E-state index is 13.7. The Morgan fingerprint density at radius 2 is 1.53 bits per heavy atom. The first-order chi connectivity index (χ1) is 16.2. The average Bonchev–Trinajstić information content (AvgIpc) is 3.03. The van der Waals surface area contributed by atoms with Crippen LogP contribution in [0.5, 0.6) is 0 Å². The number of rotatable bonds is 5. The zero-order valence-corrected chi connectivity index (χ0v) is 19.9. The minimum Gasteiger partial charge on any atom is -0.350 e. The lowest BCUT2D eigenvalue weighted by atomic mass is 10.0. The van der Waals surface area contributed by atoms with Gasteiger partial charge in [0.2, 0.25) is 5.91 Å². The summed E-state index contributed by atoms with van der Waals surface area (Å²) in [7, 11) is 0. The minimum absolute atomic E-state index is 0.183. The van der Waals surface area contributed by atoms with Crippen molar-refractivity contribution in [3.05, 3.63) is 94.2 Å². The van der Waals surface area contributed by atoms with Gasteiger partial charge >= 0.3 is 0 Å². The smallest absolute Gasteiger partial charge is 0.282 e. The zero-order chi connectivity index (χ0) is 24.6. The number of amides is 3. The molecule has 0 aliphatic carbocycles. The Bertz CT molecular complexity index is 1350. The summed E-state index contributed by atoms with van der Waals surface area (Å²) in [5.41, 5.74) is 6.94. The van der Waals surface area contributed by atoms with Crippen molar-refractivity contribution in [2.24, 2.45) is 0 Å². The highest BCUT2D eigenvalue weighted by molar-refractivity contribution is 6.46. The summed E-state index contributed by atoms with van der Waals surface area (Å²) in [5.74, 6) is -0.975. The van der Waals surface area contributed by atoms with Crippen molar-refractivity contribution < 1.29 is 14.4 Å². The predicted molar refractivity (Wildman–Crippen MR) is 136 cm³/mol. The molecule has 0 fully saturated rings. The number of benzene rings is 3. The second-order valence-electron chi connectivity index (χ2n) is 8.62. The Hall–Kier alpha value is -4.19. The van der Waals surface area contributed by atoms with Gasteiger partial charge in [0.25, 0.3) is 11.8 Å². The fraction of sp³-hybridized carbons (Fsp3) is 0.179. The number of anilines is 3. The van der Waals surface area contributed by atoms with Crippen molar-refractivity contribution in [3.63, 3.8) is 0 Å². The first kappa shape index (κ1) is 23.0. The van der Waals surface area contributed by atoms with Crippen LogP contribution in [0, 0.1) is 27.7 Å². The highest BCUT2D eigenvalue weighted by atomic mass is 16.2. The number of nitrogens with one attached hydrogen (secondary N) is 2. The number of carbonyl (C=O) groups excluding carboxylic acids is 3. The summed E-state index contributed by atoms with van der Waals surface area (Å²) in [4.78, 5) is 40.1. The lowest BCUT2D eigenvalue weighted by Crippen LogP contribution is -2.33. The first-order valence-electron chi connectivity index (χ1n) is 11.1. The SMILES string of the molecule is CC(=O)Nc1ccc(C2=C(Nc3cccc(C)c3C)C(=O)N(c3cc(C)ccc3C)C2=O)cc1. The van der Waals surface area contributed by atoms with Crippen molar-refractivity contribution in [1.82, 2.24) is 0 Å². The Balaban J connectivity index is 1.84. The monoisotopic (exact) mass is 453 g/mol. The second-order valence-corrected chi connectivity index (χ2v) is 8.62. The molecule has 1 aliphatic heterocycles. The maximum atomic E-state index is 13.7. The Kier molecular flexibility index (Phi) is 6.07. The van der Waals surface area contributed by atoms with E-state index in [0.717, 1.165) is 27.9 Å². The number of aryl methyl sites for hydroxylation is 3. The van der Waals surface area contributed by atoms with Crippen LogP contribution < -0.4 is 15.5 Å². The van der Waals surface area contributed by atoms with Gasteiger partial charge in [0.05, 0.1) is 11.3 Å². The fourth-order valence-corrected chi connectivity index (χ4v) is 4.04. The second kappa shape index (κ2) is 8.98. The molecule has 0 spiro atoms. The highest BCUT2D eigenvalue weighted by Gasteiger charge is 2.41. The van der Waals surface area contributed by atoms with Gasteiger partial charge in [-0.25, -0.2) is 4.90 Å². The molecule has 0 aromatic heterocycles. The normalized spacial score (nSPS) is 13.5. The van der Waals surface area contributed by atoms with Crippen LogP contribution in [-0.2, 0) is 14.4 Å².